The van der Waals surface area contributed by atoms with E-state index in [1.807, 2.05) is 42.5 Å². The number of nitrogens with one attached hydrogen (secondary N) is 1. The Kier molecular flexibility index (Phi) is 5.16. The summed E-state index contributed by atoms with van der Waals surface area (Å²) in [6.07, 6.45) is 1.85. The summed E-state index contributed by atoms with van der Waals surface area (Å²) < 4.78 is 0. The maximum atomic E-state index is 13.2. The van der Waals surface area contributed by atoms with E-state index in [0.29, 0.717) is 0 Å². The van der Waals surface area contributed by atoms with Gasteiger partial charge in [0.15, 0.2) is 0 Å². The molecule has 1 N–H and O–H groups in total. The van der Waals surface area contributed by atoms with Crippen LogP contribution in [0.2, 0.25) is 0 Å². The molecule has 0 aromatic heterocycles. The van der Waals surface area contributed by atoms with Crippen molar-refractivity contribution in [1.82, 2.24) is 5.32 Å². The standard InChI is InChI=1S/C23H22N2OS/c1-17(15-16-18-9-3-2-4-10-18)24-23(26)25-19-11-5-7-13-21(19)27-22-14-8-6-12-20(22)25/h2-14,17H,15-16H2,1H3,(H,24,26)/t17-/m1/s1. The zero-order valence-corrected chi connectivity index (χ0v) is 16.1. The van der Waals surface area contributed by atoms with Crippen LogP contribution in [0.3, 0.4) is 0 Å². The van der Waals surface area contributed by atoms with Crippen molar-refractivity contribution in [2.75, 3.05) is 4.90 Å². The van der Waals surface area contributed by atoms with E-state index in [-0.39, 0.29) is 12.1 Å². The molecule has 136 valence electrons. The molecule has 0 aliphatic carbocycles. The number of benzene rings is 3. The smallest absolute Gasteiger partial charge is 0.326 e. The second kappa shape index (κ2) is 7.89. The maximum Gasteiger partial charge on any atom is 0.326 e. The predicted molar refractivity (Wildman–Crippen MR) is 112 cm³/mol. The lowest BCUT2D eigenvalue weighted by Crippen LogP contribution is -2.42. The van der Waals surface area contributed by atoms with Crippen LogP contribution in [0.4, 0.5) is 16.2 Å². The Hall–Kier alpha value is -2.72. The summed E-state index contributed by atoms with van der Waals surface area (Å²) in [6, 6.07) is 26.5. The molecule has 0 unspecified atom stereocenters. The van der Waals surface area contributed by atoms with E-state index in [1.165, 1.54) is 5.56 Å². The van der Waals surface area contributed by atoms with Crippen molar-refractivity contribution >= 4 is 29.2 Å². The highest BCUT2D eigenvalue weighted by Crippen LogP contribution is 2.47. The summed E-state index contributed by atoms with van der Waals surface area (Å²) in [4.78, 5) is 17.2. The molecule has 3 aromatic rings. The van der Waals surface area contributed by atoms with Gasteiger partial charge in [-0.1, -0.05) is 66.4 Å². The predicted octanol–water partition coefficient (Wildman–Crippen LogP) is 6.02. The Morgan fingerprint density at radius 3 is 2.07 bits per heavy atom. The molecule has 0 radical (unpaired) electrons. The van der Waals surface area contributed by atoms with E-state index in [4.69, 9.17) is 0 Å². The van der Waals surface area contributed by atoms with Crippen molar-refractivity contribution in [3.05, 3.63) is 84.4 Å². The van der Waals surface area contributed by atoms with Gasteiger partial charge in [0.1, 0.15) is 0 Å². The highest BCUT2D eigenvalue weighted by atomic mass is 32.2. The molecule has 1 aliphatic heterocycles. The topological polar surface area (TPSA) is 32.3 Å². The second-order valence-corrected chi connectivity index (χ2v) is 7.83. The van der Waals surface area contributed by atoms with Gasteiger partial charge in [0.25, 0.3) is 0 Å². The van der Waals surface area contributed by atoms with Crippen molar-refractivity contribution in [3.63, 3.8) is 0 Å². The third-order valence-corrected chi connectivity index (χ3v) is 5.84. The summed E-state index contributed by atoms with van der Waals surface area (Å²) in [6.45, 7) is 2.07. The van der Waals surface area contributed by atoms with E-state index in [1.54, 1.807) is 16.7 Å². The van der Waals surface area contributed by atoms with Crippen molar-refractivity contribution in [3.8, 4) is 0 Å². The molecule has 0 saturated carbocycles. The van der Waals surface area contributed by atoms with Crippen molar-refractivity contribution in [2.24, 2.45) is 0 Å². The fraction of sp³-hybridized carbons (Fsp3) is 0.174. The molecule has 0 fully saturated rings. The monoisotopic (exact) mass is 374 g/mol. The maximum absolute atomic E-state index is 13.2. The SMILES string of the molecule is C[C@H](CCc1ccccc1)NC(=O)N1c2ccccc2Sc2ccccc21. The number of rotatable bonds is 4. The molecular formula is C23H22N2OS. The van der Waals surface area contributed by atoms with Crippen LogP contribution in [0.5, 0.6) is 0 Å². The molecule has 1 heterocycles. The quantitative estimate of drug-likeness (QED) is 0.605. The zero-order chi connectivity index (χ0) is 18.6. The minimum absolute atomic E-state index is 0.0734. The number of para-hydroxylation sites is 2. The fourth-order valence-corrected chi connectivity index (χ4v) is 4.36. The number of hydrogen-bond acceptors (Lipinski definition) is 2. The minimum Gasteiger partial charge on any atom is -0.335 e. The van der Waals surface area contributed by atoms with Gasteiger partial charge in [0.2, 0.25) is 0 Å². The average molecular weight is 375 g/mol. The van der Waals surface area contributed by atoms with Gasteiger partial charge >= 0.3 is 6.03 Å². The van der Waals surface area contributed by atoms with Gasteiger partial charge in [-0.25, -0.2) is 4.79 Å². The number of aryl methyl sites for hydroxylation is 1. The number of urea groups is 1. The lowest BCUT2D eigenvalue weighted by atomic mass is 10.1. The highest BCUT2D eigenvalue weighted by molar-refractivity contribution is 7.99. The van der Waals surface area contributed by atoms with Crippen LogP contribution in [-0.2, 0) is 6.42 Å². The Morgan fingerprint density at radius 2 is 1.44 bits per heavy atom. The van der Waals surface area contributed by atoms with E-state index < -0.39 is 0 Å². The number of anilines is 2. The Morgan fingerprint density at radius 1 is 0.889 bits per heavy atom. The van der Waals surface area contributed by atoms with Crippen LogP contribution in [0.25, 0.3) is 0 Å². The van der Waals surface area contributed by atoms with Gasteiger partial charge in [-0.05, 0) is 49.6 Å². The summed E-state index contributed by atoms with van der Waals surface area (Å²) in [5.41, 5.74) is 3.17. The van der Waals surface area contributed by atoms with E-state index in [2.05, 4.69) is 48.6 Å². The number of hydrogen-bond donors (Lipinski definition) is 1. The first-order valence-electron chi connectivity index (χ1n) is 9.23. The normalized spacial score (nSPS) is 13.4. The summed E-state index contributed by atoms with van der Waals surface area (Å²) in [5.74, 6) is 0. The molecule has 1 atom stereocenters. The Bertz CT molecular complexity index is 896. The molecule has 3 aromatic carbocycles. The molecule has 4 rings (SSSR count). The number of nitrogens with zero attached hydrogens (tertiary/aromatic N) is 1. The van der Waals surface area contributed by atoms with Crippen molar-refractivity contribution in [2.45, 2.75) is 35.6 Å². The molecule has 0 saturated heterocycles. The molecule has 1 aliphatic rings. The summed E-state index contributed by atoms with van der Waals surface area (Å²) >= 11 is 1.71. The number of amides is 2. The molecule has 0 spiro atoms. The van der Waals surface area contributed by atoms with Crippen LogP contribution in [-0.4, -0.2) is 12.1 Å². The lowest BCUT2D eigenvalue weighted by molar-refractivity contribution is 0.245. The highest BCUT2D eigenvalue weighted by Gasteiger charge is 2.28. The van der Waals surface area contributed by atoms with E-state index in [0.717, 1.165) is 34.0 Å². The zero-order valence-electron chi connectivity index (χ0n) is 15.3. The van der Waals surface area contributed by atoms with Gasteiger partial charge < -0.3 is 5.32 Å². The largest absolute Gasteiger partial charge is 0.335 e. The summed E-state index contributed by atoms with van der Waals surface area (Å²) in [5, 5.41) is 3.18. The Labute approximate surface area is 164 Å². The van der Waals surface area contributed by atoms with Gasteiger partial charge in [0.05, 0.1) is 11.4 Å². The fourth-order valence-electron chi connectivity index (χ4n) is 3.30. The van der Waals surface area contributed by atoms with E-state index in [9.17, 15) is 4.79 Å². The van der Waals surface area contributed by atoms with Crippen LogP contribution in [0, 0.1) is 0 Å². The van der Waals surface area contributed by atoms with Gasteiger partial charge in [0, 0.05) is 15.8 Å². The third kappa shape index (κ3) is 3.86. The first-order chi connectivity index (χ1) is 13.2. The Balaban J connectivity index is 1.51. The van der Waals surface area contributed by atoms with Crippen molar-refractivity contribution < 1.29 is 4.79 Å². The van der Waals surface area contributed by atoms with Crippen LogP contribution >= 0.6 is 11.8 Å². The molecule has 3 nitrogen and oxygen atoms in total. The molecule has 0 bridgehead atoms. The molecule has 27 heavy (non-hydrogen) atoms. The lowest BCUT2D eigenvalue weighted by Gasteiger charge is -2.32. The third-order valence-electron chi connectivity index (χ3n) is 4.71. The van der Waals surface area contributed by atoms with E-state index >= 15 is 0 Å². The first-order valence-corrected chi connectivity index (χ1v) is 10.0. The van der Waals surface area contributed by atoms with Crippen LogP contribution < -0.4 is 10.2 Å². The molecular weight excluding hydrogens is 352 g/mol. The number of fused-ring (bicyclic) bond motifs is 2. The van der Waals surface area contributed by atoms with Crippen LogP contribution in [0.1, 0.15) is 18.9 Å². The summed E-state index contributed by atoms with van der Waals surface area (Å²) in [7, 11) is 0. The first kappa shape index (κ1) is 17.7. The van der Waals surface area contributed by atoms with Crippen LogP contribution in [0.15, 0.2) is 88.7 Å². The second-order valence-electron chi connectivity index (χ2n) is 6.75. The molecule has 4 heteroatoms. The number of carbonyl (C=O) groups excluding carboxylic acids is 1. The minimum atomic E-state index is -0.0734. The average Bonchev–Trinajstić information content (AvgIpc) is 2.71. The van der Waals surface area contributed by atoms with Gasteiger partial charge in [-0.3, -0.25) is 4.90 Å². The molecule has 2 amide bonds. The number of carbonyl (C=O) groups is 1. The van der Waals surface area contributed by atoms with Gasteiger partial charge in [-0.2, -0.15) is 0 Å². The van der Waals surface area contributed by atoms with Gasteiger partial charge in [-0.15, -0.1) is 0 Å². The van der Waals surface area contributed by atoms with Crippen molar-refractivity contribution in [1.29, 1.82) is 0 Å².